The van der Waals surface area contributed by atoms with Gasteiger partial charge in [0.2, 0.25) is 0 Å². The number of ether oxygens (including phenoxy) is 1. The number of likely N-dealkylation sites (tertiary alicyclic amines) is 1. The Bertz CT molecular complexity index is 888. The predicted molar refractivity (Wildman–Crippen MR) is 149 cm³/mol. The van der Waals surface area contributed by atoms with Crippen LogP contribution in [0.15, 0.2) is 72.5 Å². The Morgan fingerprint density at radius 2 is 1.62 bits per heavy atom. The van der Waals surface area contributed by atoms with Crippen molar-refractivity contribution in [2.75, 3.05) is 6.54 Å². The van der Waals surface area contributed by atoms with E-state index in [1.807, 2.05) is 44.2 Å². The van der Waals surface area contributed by atoms with Crippen molar-refractivity contribution >= 4 is 0 Å². The second-order valence-electron chi connectivity index (χ2n) is 9.29. The van der Waals surface area contributed by atoms with E-state index in [0.29, 0.717) is 12.0 Å². The Balaban J connectivity index is 0.000000758. The van der Waals surface area contributed by atoms with E-state index >= 15 is 0 Å². The minimum Gasteiger partial charge on any atom is -0.457 e. The molecule has 0 bridgehead atoms. The molecule has 2 nitrogen and oxygen atoms in total. The summed E-state index contributed by atoms with van der Waals surface area (Å²) in [6, 6.07) is 17.3. The first-order valence-electron chi connectivity index (χ1n) is 13.5. The van der Waals surface area contributed by atoms with Gasteiger partial charge in [0, 0.05) is 24.2 Å². The van der Waals surface area contributed by atoms with Crippen molar-refractivity contribution in [1.29, 1.82) is 0 Å². The fraction of sp³-hybridized carbons (Fsp3) is 0.500. The number of hydrogen-bond donors (Lipinski definition) is 0. The van der Waals surface area contributed by atoms with Crippen LogP contribution in [0.5, 0.6) is 11.5 Å². The third-order valence-corrected chi connectivity index (χ3v) is 6.63. The predicted octanol–water partition coefficient (Wildman–Crippen LogP) is 9.50. The third-order valence-electron chi connectivity index (χ3n) is 6.63. The highest BCUT2D eigenvalue weighted by Crippen LogP contribution is 2.38. The molecule has 2 aromatic carbocycles. The first kappa shape index (κ1) is 27.8. The van der Waals surface area contributed by atoms with E-state index in [4.69, 9.17) is 4.74 Å². The maximum atomic E-state index is 6.00. The first-order chi connectivity index (χ1) is 16.5. The van der Waals surface area contributed by atoms with E-state index in [0.717, 1.165) is 17.9 Å². The van der Waals surface area contributed by atoms with Crippen molar-refractivity contribution in [3.8, 4) is 11.5 Å². The van der Waals surface area contributed by atoms with E-state index in [1.54, 1.807) is 5.70 Å². The summed E-state index contributed by atoms with van der Waals surface area (Å²) in [6.07, 6.45) is 10.9. The van der Waals surface area contributed by atoms with E-state index in [-0.39, 0.29) is 0 Å². The molecule has 0 aromatic heterocycles. The molecule has 2 aliphatic rings. The van der Waals surface area contributed by atoms with Gasteiger partial charge in [-0.05, 0) is 87.8 Å². The second-order valence-corrected chi connectivity index (χ2v) is 9.29. The lowest BCUT2D eigenvalue weighted by atomic mass is 9.90. The van der Waals surface area contributed by atoms with Crippen LogP contribution in [-0.2, 0) is 6.42 Å². The normalized spacial score (nSPS) is 19.2. The molecular formula is C32H47NO. The molecule has 34 heavy (non-hydrogen) atoms. The summed E-state index contributed by atoms with van der Waals surface area (Å²) in [5, 5.41) is 0. The SMILES string of the molecule is C=C1CCC(N2CCC(Cc3ccc(Oc4ccccc4)cc3C)/C2=C/C)CC1.CC.CCC. The fourth-order valence-electron chi connectivity index (χ4n) is 4.98. The van der Waals surface area contributed by atoms with Crippen LogP contribution < -0.4 is 4.74 Å². The van der Waals surface area contributed by atoms with Crippen LogP contribution >= 0.6 is 0 Å². The minimum absolute atomic E-state index is 0.629. The van der Waals surface area contributed by atoms with Gasteiger partial charge >= 0.3 is 0 Å². The van der Waals surface area contributed by atoms with E-state index < -0.39 is 0 Å². The monoisotopic (exact) mass is 461 g/mol. The van der Waals surface area contributed by atoms with Gasteiger partial charge in [0.25, 0.3) is 0 Å². The lowest BCUT2D eigenvalue weighted by molar-refractivity contribution is 0.239. The van der Waals surface area contributed by atoms with Gasteiger partial charge in [0.15, 0.2) is 0 Å². The molecule has 1 atom stereocenters. The molecule has 0 spiro atoms. The molecule has 1 unspecified atom stereocenters. The molecule has 0 radical (unpaired) electrons. The maximum absolute atomic E-state index is 6.00. The lowest BCUT2D eigenvalue weighted by Gasteiger charge is -2.35. The highest BCUT2D eigenvalue weighted by Gasteiger charge is 2.33. The van der Waals surface area contributed by atoms with E-state index in [2.05, 4.69) is 63.4 Å². The zero-order valence-electron chi connectivity index (χ0n) is 22.6. The molecule has 0 N–H and O–H groups in total. The lowest BCUT2D eigenvalue weighted by Crippen LogP contribution is -2.34. The third kappa shape index (κ3) is 7.79. The van der Waals surface area contributed by atoms with Crippen LogP contribution in [0, 0.1) is 12.8 Å². The summed E-state index contributed by atoms with van der Waals surface area (Å²) < 4.78 is 6.00. The Labute approximate surface area is 209 Å². The highest BCUT2D eigenvalue weighted by atomic mass is 16.5. The number of para-hydroxylation sites is 1. The molecule has 2 aromatic rings. The van der Waals surface area contributed by atoms with Gasteiger partial charge in [0.1, 0.15) is 11.5 Å². The number of benzene rings is 2. The van der Waals surface area contributed by atoms with Gasteiger partial charge in [-0.1, -0.05) is 76.6 Å². The smallest absolute Gasteiger partial charge is 0.127 e. The van der Waals surface area contributed by atoms with Crippen molar-refractivity contribution in [2.45, 2.75) is 92.5 Å². The Morgan fingerprint density at radius 3 is 2.21 bits per heavy atom. The summed E-state index contributed by atoms with van der Waals surface area (Å²) in [5.41, 5.74) is 5.76. The molecule has 1 saturated carbocycles. The van der Waals surface area contributed by atoms with Gasteiger partial charge in [0.05, 0.1) is 0 Å². The molecule has 1 saturated heterocycles. The minimum atomic E-state index is 0.629. The van der Waals surface area contributed by atoms with Crippen LogP contribution in [0.1, 0.15) is 84.3 Å². The first-order valence-corrected chi connectivity index (χ1v) is 13.5. The molecule has 186 valence electrons. The van der Waals surface area contributed by atoms with Crippen molar-refractivity contribution in [2.24, 2.45) is 5.92 Å². The number of nitrogens with zero attached hydrogens (tertiary/aromatic N) is 1. The van der Waals surface area contributed by atoms with Gasteiger partial charge < -0.3 is 9.64 Å². The largest absolute Gasteiger partial charge is 0.457 e. The summed E-state index contributed by atoms with van der Waals surface area (Å²) in [7, 11) is 0. The number of allylic oxidation sites excluding steroid dienone is 3. The standard InChI is InChI=1S/C27H33NO.C3H8.C2H6/c1-4-27-23(16-17-28(27)24-13-10-20(2)11-14-24)19-22-12-15-26(18-21(22)3)29-25-8-6-5-7-9-25;1-3-2;1-2/h4-9,12,15,18,23-24H,2,10-11,13-14,16-17,19H2,1,3H3;3H2,1-2H3;1-2H3/b27-4-;;. The molecule has 1 aliphatic carbocycles. The Kier molecular flexibility index (Phi) is 12.0. The zero-order chi connectivity index (χ0) is 24.9. The number of rotatable bonds is 5. The van der Waals surface area contributed by atoms with Gasteiger partial charge in [-0.2, -0.15) is 0 Å². The topological polar surface area (TPSA) is 12.5 Å². The number of aryl methyl sites for hydroxylation is 1. The molecule has 1 aliphatic heterocycles. The molecular weight excluding hydrogens is 414 g/mol. The molecule has 2 fully saturated rings. The van der Waals surface area contributed by atoms with Crippen molar-refractivity contribution in [3.63, 3.8) is 0 Å². The Hall–Kier alpha value is -2.48. The van der Waals surface area contributed by atoms with Crippen LogP contribution in [0.2, 0.25) is 0 Å². The van der Waals surface area contributed by atoms with Crippen LogP contribution in [0.4, 0.5) is 0 Å². The van der Waals surface area contributed by atoms with Crippen LogP contribution in [-0.4, -0.2) is 17.5 Å². The average Bonchev–Trinajstić information content (AvgIpc) is 3.26. The summed E-state index contributed by atoms with van der Waals surface area (Å²) in [5.74, 6) is 2.43. The van der Waals surface area contributed by atoms with Crippen molar-refractivity contribution < 1.29 is 4.74 Å². The van der Waals surface area contributed by atoms with Gasteiger partial charge in [-0.25, -0.2) is 0 Å². The van der Waals surface area contributed by atoms with Gasteiger partial charge in [-0.3, -0.25) is 0 Å². The van der Waals surface area contributed by atoms with Crippen molar-refractivity contribution in [1.82, 2.24) is 4.90 Å². The molecule has 2 heteroatoms. The molecule has 1 heterocycles. The highest BCUT2D eigenvalue weighted by molar-refractivity contribution is 5.38. The van der Waals surface area contributed by atoms with E-state index in [9.17, 15) is 0 Å². The zero-order valence-corrected chi connectivity index (χ0v) is 22.6. The summed E-state index contributed by atoms with van der Waals surface area (Å²) >= 11 is 0. The fourth-order valence-corrected chi connectivity index (χ4v) is 4.98. The van der Waals surface area contributed by atoms with Crippen molar-refractivity contribution in [3.05, 3.63) is 83.6 Å². The number of hydrogen-bond acceptors (Lipinski definition) is 2. The van der Waals surface area contributed by atoms with E-state index in [1.165, 1.54) is 61.8 Å². The maximum Gasteiger partial charge on any atom is 0.127 e. The quantitative estimate of drug-likeness (QED) is 0.411. The second kappa shape index (κ2) is 14.7. The molecule has 0 amide bonds. The van der Waals surface area contributed by atoms with Crippen LogP contribution in [0.25, 0.3) is 0 Å². The summed E-state index contributed by atoms with van der Waals surface area (Å²) in [6.45, 7) is 18.1. The van der Waals surface area contributed by atoms with Gasteiger partial charge in [-0.15, -0.1) is 0 Å². The van der Waals surface area contributed by atoms with Crippen LogP contribution in [0.3, 0.4) is 0 Å². The Morgan fingerprint density at radius 1 is 0.971 bits per heavy atom. The molecule has 4 rings (SSSR count). The summed E-state index contributed by atoms with van der Waals surface area (Å²) in [4.78, 5) is 2.71. The average molecular weight is 462 g/mol.